The van der Waals surface area contributed by atoms with Crippen molar-refractivity contribution in [2.24, 2.45) is 39.9 Å². The Morgan fingerprint density at radius 3 is 0.804 bits per heavy atom. The van der Waals surface area contributed by atoms with E-state index in [2.05, 4.69) is 368 Å². The van der Waals surface area contributed by atoms with Gasteiger partial charge in [-0.3, -0.25) is 0 Å². The number of aromatic nitrogens is 4. The Morgan fingerprint density at radius 1 is 0.331 bits per heavy atom. The van der Waals surface area contributed by atoms with Gasteiger partial charge in [0.2, 0.25) is 0 Å². The number of hydrogen-bond acceptors (Lipinski definition) is 18. The lowest BCUT2D eigenvalue weighted by molar-refractivity contribution is -0.00152. The third kappa shape index (κ3) is 26.8. The van der Waals surface area contributed by atoms with Gasteiger partial charge in [-0.1, -0.05) is 277 Å². The molecule has 0 radical (unpaired) electrons. The molecule has 7 aliphatic rings. The fraction of sp³-hybridized carbons (Fsp3) is 0.496. The lowest BCUT2D eigenvalue weighted by atomic mass is 9.66. The van der Waals surface area contributed by atoms with Gasteiger partial charge in [0.25, 0.3) is 0 Å². The van der Waals surface area contributed by atoms with Gasteiger partial charge in [-0.15, -0.1) is 24.8 Å². The molecule has 148 heavy (non-hydrogen) atoms. The van der Waals surface area contributed by atoms with E-state index in [1.165, 1.54) is 281 Å². The fourth-order valence-electron chi connectivity index (χ4n) is 25.7. The van der Waals surface area contributed by atoms with Crippen LogP contribution in [0.4, 0.5) is 0 Å². The molecule has 0 spiro atoms. The maximum absolute atomic E-state index is 9.80. The summed E-state index contributed by atoms with van der Waals surface area (Å²) in [6.07, 6.45) is 31.7. The van der Waals surface area contributed by atoms with Gasteiger partial charge in [-0.2, -0.15) is 0 Å². The van der Waals surface area contributed by atoms with E-state index in [1.807, 2.05) is 0 Å². The number of benzene rings is 10. The molecule has 3 aliphatic carbocycles. The topological polar surface area (TPSA) is 179 Å². The predicted molar refractivity (Wildman–Crippen MR) is 618 cm³/mol. The van der Waals surface area contributed by atoms with Crippen LogP contribution < -0.4 is 15.7 Å². The summed E-state index contributed by atoms with van der Waals surface area (Å²) in [7, 11) is 14.8. The average molecular weight is 2060 g/mol. The number of rotatable bonds is 37. The standard InChI is InChI=1S/C46H59N3OSi.2C29H39N3O2.C23H29N3O.2ClH/c1-45(2,3)51(38-18-11-7-12-19-38,39-20-13-8-14-21-39)33-30-46(28-15-29-46)35-49-31-26-36(27-32-49)22-25-43-41-24-23-40(37-16-9-6-10-17-37)42(34-48(4)5)44(41)50-47-43;2*1-31(2)19-26-24(23-7-4-3-5-8-23)10-11-25-27(30-34-28(25)26)12-9-22-13-17-32(18-14-22)20-29(21-33)15-6-16-29;1-26(2)16-21-19(18-6-4-3-5-7-18)9-10-20-22(25-27-23(20)21)11-8-17-12-14-24-15-13-17;;/h6-14,16-21,23-24,36H,15,22,25-35H2,1-5H3;2*3-5,7-8,10-11,22,33H,6,9,12-21H2,1-2H3;3-7,9-10,17,24H,8,11-16H2,1-2H3;2*1H. The molecular formula is C127H168Cl2N12O6Si. The molecule has 4 saturated heterocycles. The van der Waals surface area contributed by atoms with Crippen molar-refractivity contribution in [3.63, 3.8) is 0 Å². The van der Waals surface area contributed by atoms with E-state index in [-0.39, 0.29) is 40.7 Å². The smallest absolute Gasteiger partial charge is 0.172 e. The molecule has 10 aromatic carbocycles. The molecule has 3 N–H and O–H groups in total. The lowest BCUT2D eigenvalue weighted by Crippen LogP contribution is -2.64. The zero-order chi connectivity index (χ0) is 101. The molecule has 21 rings (SSSR count). The van der Waals surface area contributed by atoms with Crippen molar-refractivity contribution in [2.75, 3.05) is 142 Å². The first-order valence-corrected chi connectivity index (χ1v) is 57.9. The van der Waals surface area contributed by atoms with Crippen LogP contribution in [0.15, 0.2) is 249 Å². The quantitative estimate of drug-likeness (QED) is 0.0313. The molecule has 21 heteroatoms. The monoisotopic (exact) mass is 2060 g/mol. The number of nitrogens with zero attached hydrogens (tertiary/aromatic N) is 11. The Kier molecular flexibility index (Phi) is 38.8. The van der Waals surface area contributed by atoms with Gasteiger partial charge in [0.05, 0.1) is 22.8 Å². The Hall–Kier alpha value is -9.52. The highest BCUT2D eigenvalue weighted by Crippen LogP contribution is 2.52. The zero-order valence-corrected chi connectivity index (χ0v) is 93.3. The molecule has 18 nitrogen and oxygen atoms in total. The highest BCUT2D eigenvalue weighted by atomic mass is 35.5. The number of fused-ring (bicyclic) bond motifs is 4. The van der Waals surface area contributed by atoms with Crippen LogP contribution in [0.1, 0.15) is 207 Å². The maximum atomic E-state index is 9.80. The van der Waals surface area contributed by atoms with E-state index in [9.17, 15) is 10.2 Å². The van der Waals surface area contributed by atoms with Crippen molar-refractivity contribution in [2.45, 2.75) is 225 Å². The molecule has 0 amide bonds. The first kappa shape index (κ1) is 111. The van der Waals surface area contributed by atoms with E-state index < -0.39 is 8.07 Å². The minimum absolute atomic E-state index is 0. The van der Waals surface area contributed by atoms with E-state index in [0.29, 0.717) is 18.6 Å². The van der Waals surface area contributed by atoms with E-state index in [0.717, 1.165) is 147 Å². The number of nitrogens with one attached hydrogen (secondary N) is 1. The van der Waals surface area contributed by atoms with Crippen molar-refractivity contribution < 1.29 is 28.3 Å². The second kappa shape index (κ2) is 51.7. The van der Waals surface area contributed by atoms with Crippen LogP contribution >= 0.6 is 24.8 Å². The van der Waals surface area contributed by atoms with Crippen LogP contribution in [-0.2, 0) is 51.9 Å². The highest BCUT2D eigenvalue weighted by Gasteiger charge is 2.51. The summed E-state index contributed by atoms with van der Waals surface area (Å²) >= 11 is 0. The van der Waals surface area contributed by atoms with E-state index in [4.69, 9.17) is 18.1 Å². The predicted octanol–water partition coefficient (Wildman–Crippen LogP) is 25.9. The molecule has 4 aliphatic heterocycles. The van der Waals surface area contributed by atoms with Gasteiger partial charge in [-0.05, 0) is 365 Å². The molecule has 0 bridgehead atoms. The molecule has 0 atom stereocenters. The van der Waals surface area contributed by atoms with Gasteiger partial charge in [-0.25, -0.2) is 0 Å². The van der Waals surface area contributed by atoms with E-state index in [1.54, 1.807) is 10.4 Å². The van der Waals surface area contributed by atoms with Gasteiger partial charge in [0, 0.05) is 114 Å². The number of aryl methyl sites for hydroxylation is 4. The maximum Gasteiger partial charge on any atom is 0.172 e. The normalized spacial score (nSPS) is 17.5. The van der Waals surface area contributed by atoms with Gasteiger partial charge >= 0.3 is 0 Å². The first-order valence-electron chi connectivity index (χ1n) is 55.6. The Morgan fingerprint density at radius 2 is 0.574 bits per heavy atom. The molecule has 0 unspecified atom stereocenters. The van der Waals surface area contributed by atoms with Crippen molar-refractivity contribution in [1.82, 2.24) is 60.2 Å². The molecule has 14 aromatic rings. The number of hydrogen-bond donors (Lipinski definition) is 3. The lowest BCUT2D eigenvalue weighted by Gasteiger charge is -2.51. The minimum Gasteiger partial charge on any atom is -0.396 e. The SMILES string of the molecule is CN(C)Cc1c(-c2ccccc2)ccc2c(CCC3CCN(CC4(CC[Si](c5ccccc5)(c5ccccc5)C(C)(C)C)CCC4)CC3)noc12.CN(C)Cc1c(-c2ccccc2)ccc2c(CCC3CCN(CC4(CO)CCC4)CC3)noc12.CN(C)Cc1c(-c2ccccc2)ccc2c(CCC3CCN(CC4(CO)CCC4)CC3)noc12.CN(C)Cc1c(-c2ccccc2)ccc2c(CCC3CCNCC3)noc12.Cl.Cl. The Balaban J connectivity index is 0.000000144. The first-order chi connectivity index (χ1) is 71.0. The Bertz CT molecular complexity index is 6200. The summed E-state index contributed by atoms with van der Waals surface area (Å²) in [4.78, 5) is 16.8. The summed E-state index contributed by atoms with van der Waals surface area (Å²) in [5.74, 6) is 3.06. The molecule has 8 heterocycles. The number of likely N-dealkylation sites (tertiary alicyclic amines) is 3. The molecular weight excluding hydrogens is 1890 g/mol. The summed E-state index contributed by atoms with van der Waals surface area (Å²) in [5, 5.41) is 49.4. The third-order valence-corrected chi connectivity index (χ3v) is 40.9. The van der Waals surface area contributed by atoms with Crippen molar-refractivity contribution in [3.05, 3.63) is 276 Å². The van der Waals surface area contributed by atoms with Crippen LogP contribution in [0.3, 0.4) is 0 Å². The minimum atomic E-state index is -2.04. The number of aliphatic hydroxyl groups excluding tert-OH is 2. The summed E-state index contributed by atoms with van der Waals surface area (Å²) in [6.45, 7) is 24.5. The number of piperidine rings is 4. The Labute approximate surface area is 896 Å². The molecule has 3 saturated carbocycles. The van der Waals surface area contributed by atoms with Crippen LogP contribution in [0.5, 0.6) is 0 Å². The fourth-order valence-corrected chi connectivity index (χ4v) is 31.5. The van der Waals surface area contributed by atoms with Crippen molar-refractivity contribution in [1.29, 1.82) is 0 Å². The van der Waals surface area contributed by atoms with Crippen LogP contribution in [0.25, 0.3) is 88.4 Å². The summed E-state index contributed by atoms with van der Waals surface area (Å²) in [5.41, 5.74) is 23.8. The molecule has 790 valence electrons. The van der Waals surface area contributed by atoms with Crippen LogP contribution in [0, 0.1) is 39.9 Å². The van der Waals surface area contributed by atoms with Gasteiger partial charge in [0.15, 0.2) is 22.3 Å². The number of aliphatic hydroxyl groups is 2. The van der Waals surface area contributed by atoms with Crippen molar-refractivity contribution >= 4 is 87.1 Å². The second-order valence-electron chi connectivity index (χ2n) is 47.1. The zero-order valence-electron chi connectivity index (χ0n) is 90.6. The molecule has 7 fully saturated rings. The average Bonchev–Trinajstić information content (AvgIpc) is 1.10. The van der Waals surface area contributed by atoms with E-state index >= 15 is 0 Å². The van der Waals surface area contributed by atoms with Gasteiger partial charge < -0.3 is 67.9 Å². The van der Waals surface area contributed by atoms with Crippen LogP contribution in [-0.4, -0.2) is 215 Å². The van der Waals surface area contributed by atoms with Crippen molar-refractivity contribution in [3.8, 4) is 44.5 Å². The highest BCUT2D eigenvalue weighted by molar-refractivity contribution is 7.04. The second-order valence-corrected chi connectivity index (χ2v) is 52.0. The largest absolute Gasteiger partial charge is 0.396 e. The summed E-state index contributed by atoms with van der Waals surface area (Å²) < 4.78 is 24.0. The summed E-state index contributed by atoms with van der Waals surface area (Å²) in [6, 6.07) is 84.7. The molecule has 4 aromatic heterocycles. The van der Waals surface area contributed by atoms with Crippen LogP contribution in [0.2, 0.25) is 11.1 Å². The third-order valence-electron chi connectivity index (χ3n) is 34.7. The number of halogens is 2. The van der Waals surface area contributed by atoms with Gasteiger partial charge in [0.1, 0.15) is 8.07 Å².